The maximum absolute atomic E-state index is 10.7. The number of carbonyl (C=O) groups is 1. The molecule has 1 rings (SSSR count). The molecular formula is C8H17N2O5P. The van der Waals surface area contributed by atoms with Gasteiger partial charge in [0.2, 0.25) is 0 Å². The number of carboxylic acids is 1. The van der Waals surface area contributed by atoms with E-state index >= 15 is 0 Å². The van der Waals surface area contributed by atoms with E-state index in [1.54, 1.807) is 0 Å². The maximum Gasteiger partial charge on any atom is 0.326 e. The van der Waals surface area contributed by atoms with Crippen molar-refractivity contribution >= 4 is 13.6 Å². The first-order chi connectivity index (χ1) is 7.38. The molecule has 0 spiro atoms. The lowest BCUT2D eigenvalue weighted by Crippen LogP contribution is -2.49. The Bertz CT molecular complexity index is 292. The first kappa shape index (κ1) is 13.6. The van der Waals surface area contributed by atoms with Gasteiger partial charge in [0, 0.05) is 12.6 Å². The number of carboxylic acid groups (broad SMARTS) is 1. The Labute approximate surface area is 93.4 Å². The first-order valence-corrected chi connectivity index (χ1v) is 6.92. The monoisotopic (exact) mass is 252 g/mol. The van der Waals surface area contributed by atoms with E-state index in [0.29, 0.717) is 13.0 Å². The van der Waals surface area contributed by atoms with Crippen molar-refractivity contribution in [1.29, 1.82) is 0 Å². The van der Waals surface area contributed by atoms with Gasteiger partial charge in [0.25, 0.3) is 0 Å². The Hall–Kier alpha value is -0.460. The van der Waals surface area contributed by atoms with Crippen molar-refractivity contribution in [3.05, 3.63) is 0 Å². The van der Waals surface area contributed by atoms with Gasteiger partial charge in [-0.15, -0.1) is 0 Å². The summed E-state index contributed by atoms with van der Waals surface area (Å²) in [5.74, 6) is -0.888. The van der Waals surface area contributed by atoms with E-state index < -0.39 is 19.6 Å². The van der Waals surface area contributed by atoms with Crippen molar-refractivity contribution < 1.29 is 24.3 Å². The van der Waals surface area contributed by atoms with E-state index in [0.717, 1.165) is 6.42 Å². The van der Waals surface area contributed by atoms with Gasteiger partial charge in [-0.3, -0.25) is 9.36 Å². The van der Waals surface area contributed by atoms with Crippen LogP contribution in [0.5, 0.6) is 0 Å². The highest BCUT2D eigenvalue weighted by molar-refractivity contribution is 7.51. The van der Waals surface area contributed by atoms with E-state index in [1.165, 1.54) is 0 Å². The lowest BCUT2D eigenvalue weighted by Gasteiger charge is -2.28. The lowest BCUT2D eigenvalue weighted by molar-refractivity contribution is -0.140. The van der Waals surface area contributed by atoms with Gasteiger partial charge in [0.15, 0.2) is 0 Å². The van der Waals surface area contributed by atoms with Gasteiger partial charge < -0.3 is 25.5 Å². The van der Waals surface area contributed by atoms with E-state index in [-0.39, 0.29) is 18.7 Å². The summed E-state index contributed by atoms with van der Waals surface area (Å²) in [5, 5.41) is 14.6. The highest BCUT2D eigenvalue weighted by Crippen LogP contribution is 2.32. The standard InChI is InChI=1S/C8H17N2O5P/c11-8(12)7-5-6(1-2-10-7)9-3-4-16(13,14)15/h6-7,9-10H,1-5H2,(H,11,12)(H2,13,14,15). The largest absolute Gasteiger partial charge is 0.480 e. The molecule has 0 bridgehead atoms. The second-order valence-electron chi connectivity index (χ2n) is 3.91. The van der Waals surface area contributed by atoms with Crippen LogP contribution in [0.3, 0.4) is 0 Å². The summed E-state index contributed by atoms with van der Waals surface area (Å²) < 4.78 is 10.6. The zero-order valence-electron chi connectivity index (χ0n) is 8.80. The quantitative estimate of drug-likeness (QED) is 0.396. The molecule has 0 saturated carbocycles. The van der Waals surface area contributed by atoms with Crippen LogP contribution in [0.25, 0.3) is 0 Å². The summed E-state index contributed by atoms with van der Waals surface area (Å²) in [7, 11) is -3.96. The maximum atomic E-state index is 10.7. The van der Waals surface area contributed by atoms with Crippen molar-refractivity contribution in [2.24, 2.45) is 0 Å². The fourth-order valence-electron chi connectivity index (χ4n) is 1.71. The number of aliphatic carboxylic acids is 1. The predicted molar refractivity (Wildman–Crippen MR) is 57.4 cm³/mol. The first-order valence-electron chi connectivity index (χ1n) is 5.12. The van der Waals surface area contributed by atoms with Crippen LogP contribution in [-0.4, -0.2) is 52.2 Å². The van der Waals surface area contributed by atoms with Gasteiger partial charge in [0.05, 0.1) is 6.16 Å². The van der Waals surface area contributed by atoms with Crippen molar-refractivity contribution in [3.8, 4) is 0 Å². The van der Waals surface area contributed by atoms with Crippen molar-refractivity contribution in [1.82, 2.24) is 10.6 Å². The molecule has 1 fully saturated rings. The molecule has 2 atom stereocenters. The van der Waals surface area contributed by atoms with Gasteiger partial charge >= 0.3 is 13.6 Å². The average Bonchev–Trinajstić information content (AvgIpc) is 2.16. The van der Waals surface area contributed by atoms with Gasteiger partial charge in [-0.2, -0.15) is 0 Å². The normalized spacial score (nSPS) is 26.6. The topological polar surface area (TPSA) is 119 Å². The Morgan fingerprint density at radius 1 is 1.50 bits per heavy atom. The smallest absolute Gasteiger partial charge is 0.326 e. The molecule has 1 aliphatic rings. The Morgan fingerprint density at radius 3 is 2.75 bits per heavy atom. The molecule has 1 aliphatic heterocycles. The minimum absolute atomic E-state index is 0.00824. The zero-order chi connectivity index (χ0) is 12.2. The van der Waals surface area contributed by atoms with Crippen LogP contribution in [0.15, 0.2) is 0 Å². The molecule has 0 aromatic carbocycles. The molecule has 0 aromatic rings. The molecule has 5 N–H and O–H groups in total. The van der Waals surface area contributed by atoms with Crippen LogP contribution in [0, 0.1) is 0 Å². The Kier molecular flexibility index (Phi) is 4.89. The molecule has 0 aromatic heterocycles. The third-order valence-electron chi connectivity index (χ3n) is 2.54. The van der Waals surface area contributed by atoms with Gasteiger partial charge in [-0.1, -0.05) is 0 Å². The summed E-state index contributed by atoms with van der Waals surface area (Å²) >= 11 is 0. The second-order valence-corrected chi connectivity index (χ2v) is 5.69. The minimum Gasteiger partial charge on any atom is -0.480 e. The van der Waals surface area contributed by atoms with Crippen LogP contribution in [-0.2, 0) is 9.36 Å². The second kappa shape index (κ2) is 5.75. The van der Waals surface area contributed by atoms with Gasteiger partial charge in [-0.05, 0) is 19.4 Å². The molecule has 0 amide bonds. The number of piperidine rings is 1. The highest BCUT2D eigenvalue weighted by atomic mass is 31.2. The summed E-state index contributed by atoms with van der Waals surface area (Å²) in [6, 6.07) is -0.560. The molecule has 94 valence electrons. The van der Waals surface area contributed by atoms with Crippen LogP contribution >= 0.6 is 7.60 Å². The SMILES string of the molecule is O=C(O)C1CC(NCCP(=O)(O)O)CCN1. The van der Waals surface area contributed by atoms with Crippen molar-refractivity contribution in [2.75, 3.05) is 19.3 Å². The summed E-state index contributed by atoms with van der Waals surface area (Å²) in [6.45, 7) is 0.811. The van der Waals surface area contributed by atoms with Gasteiger partial charge in [-0.25, -0.2) is 0 Å². The fraction of sp³-hybridized carbons (Fsp3) is 0.875. The molecule has 0 aliphatic carbocycles. The minimum atomic E-state index is -3.96. The summed E-state index contributed by atoms with van der Waals surface area (Å²) in [5.41, 5.74) is 0. The molecule has 7 nitrogen and oxygen atoms in total. The number of nitrogens with one attached hydrogen (secondary N) is 2. The van der Waals surface area contributed by atoms with Crippen LogP contribution in [0.1, 0.15) is 12.8 Å². The molecule has 1 saturated heterocycles. The Morgan fingerprint density at radius 2 is 2.19 bits per heavy atom. The number of rotatable bonds is 5. The number of hydrogen-bond donors (Lipinski definition) is 5. The zero-order valence-corrected chi connectivity index (χ0v) is 9.69. The third kappa shape index (κ3) is 5.05. The predicted octanol–water partition coefficient (Wildman–Crippen LogP) is -1.04. The number of hydrogen-bond acceptors (Lipinski definition) is 4. The highest BCUT2D eigenvalue weighted by Gasteiger charge is 2.26. The third-order valence-corrected chi connectivity index (χ3v) is 3.34. The fourth-order valence-corrected chi connectivity index (χ4v) is 2.13. The molecule has 16 heavy (non-hydrogen) atoms. The van der Waals surface area contributed by atoms with E-state index in [4.69, 9.17) is 14.9 Å². The van der Waals surface area contributed by atoms with Crippen molar-refractivity contribution in [3.63, 3.8) is 0 Å². The van der Waals surface area contributed by atoms with Crippen LogP contribution in [0.4, 0.5) is 0 Å². The van der Waals surface area contributed by atoms with Gasteiger partial charge in [0.1, 0.15) is 6.04 Å². The molecule has 2 unspecified atom stereocenters. The van der Waals surface area contributed by atoms with Crippen LogP contribution in [0.2, 0.25) is 0 Å². The average molecular weight is 252 g/mol. The lowest BCUT2D eigenvalue weighted by atomic mass is 9.99. The van der Waals surface area contributed by atoms with E-state index in [2.05, 4.69) is 10.6 Å². The van der Waals surface area contributed by atoms with Crippen LogP contribution < -0.4 is 10.6 Å². The molecular weight excluding hydrogens is 235 g/mol. The molecule has 0 radical (unpaired) electrons. The van der Waals surface area contributed by atoms with Crippen molar-refractivity contribution in [2.45, 2.75) is 24.9 Å². The Balaban J connectivity index is 2.27. The molecule has 8 heteroatoms. The molecule has 1 heterocycles. The van der Waals surface area contributed by atoms with E-state index in [1.807, 2.05) is 0 Å². The van der Waals surface area contributed by atoms with E-state index in [9.17, 15) is 9.36 Å². The summed E-state index contributed by atoms with van der Waals surface area (Å²) in [4.78, 5) is 28.0. The summed E-state index contributed by atoms with van der Waals surface area (Å²) in [6.07, 6.45) is 0.996.